The summed E-state index contributed by atoms with van der Waals surface area (Å²) in [6, 6.07) is 8.12. The lowest BCUT2D eigenvalue weighted by Gasteiger charge is -2.16. The van der Waals surface area contributed by atoms with Crippen molar-refractivity contribution in [3.05, 3.63) is 53.6 Å². The highest BCUT2D eigenvalue weighted by Crippen LogP contribution is 2.39. The Balaban J connectivity index is 2.11. The Hall–Kier alpha value is -3.73. The molecule has 0 bridgehead atoms. The fourth-order valence-electron chi connectivity index (χ4n) is 3.07. The van der Waals surface area contributed by atoms with E-state index in [9.17, 15) is 18.0 Å². The van der Waals surface area contributed by atoms with Crippen LogP contribution < -0.4 is 15.8 Å². The van der Waals surface area contributed by atoms with Gasteiger partial charge in [0.15, 0.2) is 6.61 Å². The summed E-state index contributed by atoms with van der Waals surface area (Å²) in [5.74, 6) is -1.17. The predicted octanol–water partition coefficient (Wildman–Crippen LogP) is 3.31. The average molecular weight is 461 g/mol. The zero-order chi connectivity index (χ0) is 24.0. The van der Waals surface area contributed by atoms with Gasteiger partial charge in [-0.3, -0.25) is 9.78 Å². The first-order chi connectivity index (χ1) is 15.8. The van der Waals surface area contributed by atoms with Crippen molar-refractivity contribution in [3.8, 4) is 28.3 Å². The lowest BCUT2D eigenvalue weighted by Crippen LogP contribution is -2.31. The third kappa shape index (κ3) is 6.16. The molecule has 0 radical (unpaired) electrons. The Morgan fingerprint density at radius 2 is 1.85 bits per heavy atom. The van der Waals surface area contributed by atoms with E-state index < -0.39 is 30.5 Å². The number of benzene rings is 1. The lowest BCUT2D eigenvalue weighted by atomic mass is 9.99. The smallest absolute Gasteiger partial charge is 0.280 e. The summed E-state index contributed by atoms with van der Waals surface area (Å²) < 4.78 is 50.8. The van der Waals surface area contributed by atoms with Crippen LogP contribution in [0.5, 0.6) is 5.88 Å². The number of anilines is 1. The van der Waals surface area contributed by atoms with E-state index in [0.29, 0.717) is 17.9 Å². The molecule has 1 aromatic carbocycles. The zero-order valence-electron chi connectivity index (χ0n) is 17.9. The topological polar surface area (TPSA) is 112 Å². The predicted molar refractivity (Wildman–Crippen MR) is 115 cm³/mol. The van der Waals surface area contributed by atoms with Crippen LogP contribution in [0.3, 0.4) is 0 Å². The number of nitrogens with zero attached hydrogens (tertiary/aromatic N) is 3. The Morgan fingerprint density at radius 3 is 2.52 bits per heavy atom. The molecule has 0 saturated carbocycles. The number of amides is 1. The van der Waals surface area contributed by atoms with Crippen LogP contribution in [0.25, 0.3) is 22.4 Å². The fraction of sp³-hybridized carbons (Fsp3) is 0.273. The number of ether oxygens (including phenoxy) is 2. The Morgan fingerprint density at radius 1 is 1.12 bits per heavy atom. The van der Waals surface area contributed by atoms with E-state index in [0.717, 1.165) is 0 Å². The molecule has 1 amide bonds. The first kappa shape index (κ1) is 23.9. The number of hydrogen-bond donors (Lipinski definition) is 2. The highest BCUT2D eigenvalue weighted by Gasteiger charge is 2.22. The second-order valence-corrected chi connectivity index (χ2v) is 6.97. The normalized spacial score (nSPS) is 11.0. The molecule has 0 atom stereocenters. The van der Waals surface area contributed by atoms with Crippen LogP contribution in [0, 0.1) is 12.7 Å². The molecule has 0 spiro atoms. The average Bonchev–Trinajstić information content (AvgIpc) is 2.77. The third-order valence-corrected chi connectivity index (χ3v) is 4.46. The van der Waals surface area contributed by atoms with E-state index >= 15 is 0 Å². The number of carbonyl (C=O) groups excluding carboxylic acids is 1. The summed E-state index contributed by atoms with van der Waals surface area (Å²) in [6.45, 7) is 1.75. The summed E-state index contributed by atoms with van der Waals surface area (Å²) in [4.78, 5) is 24.3. The number of nitrogens with one attached hydrogen (secondary N) is 1. The van der Waals surface area contributed by atoms with Crippen LogP contribution in [0.1, 0.15) is 17.8 Å². The number of methoxy groups -OCH3 is 1. The van der Waals surface area contributed by atoms with Crippen molar-refractivity contribution in [3.63, 3.8) is 0 Å². The number of rotatable bonds is 9. The summed E-state index contributed by atoms with van der Waals surface area (Å²) in [7, 11) is 1.50. The summed E-state index contributed by atoms with van der Waals surface area (Å²) in [5, 5.41) is 2.60. The molecular formula is C22H22F3N5O3. The maximum Gasteiger partial charge on any atom is 0.280 e. The van der Waals surface area contributed by atoms with Crippen LogP contribution in [-0.4, -0.2) is 47.7 Å². The molecule has 2 aromatic heterocycles. The van der Waals surface area contributed by atoms with Crippen LogP contribution in [0.2, 0.25) is 0 Å². The summed E-state index contributed by atoms with van der Waals surface area (Å²) in [6.07, 6.45) is -2.82. The monoisotopic (exact) mass is 461 g/mol. The molecular weight excluding hydrogens is 439 g/mol. The minimum atomic E-state index is -2.82. The number of hydrogen-bond acceptors (Lipinski definition) is 7. The molecule has 2 heterocycles. The van der Waals surface area contributed by atoms with E-state index in [-0.39, 0.29) is 35.2 Å². The molecule has 174 valence electrons. The molecule has 3 rings (SSSR count). The van der Waals surface area contributed by atoms with Gasteiger partial charge in [0.1, 0.15) is 11.5 Å². The molecule has 0 fully saturated rings. The van der Waals surface area contributed by atoms with Crippen molar-refractivity contribution in [2.24, 2.45) is 0 Å². The lowest BCUT2D eigenvalue weighted by molar-refractivity contribution is -0.123. The number of nitrogen functional groups attached to an aromatic ring is 1. The van der Waals surface area contributed by atoms with Crippen molar-refractivity contribution < 1.29 is 27.4 Å². The SMILES string of the molecule is COCCNC(=O)COc1nc(N)nc(-c2ccc(F)cc2)c1-c1cc(C)nc(C(F)F)c1. The fourth-order valence-corrected chi connectivity index (χ4v) is 3.07. The molecule has 0 saturated heterocycles. The highest BCUT2D eigenvalue weighted by molar-refractivity contribution is 5.85. The first-order valence-electron chi connectivity index (χ1n) is 9.87. The minimum Gasteiger partial charge on any atom is -0.467 e. The van der Waals surface area contributed by atoms with Gasteiger partial charge in [-0.2, -0.15) is 4.98 Å². The van der Waals surface area contributed by atoms with Gasteiger partial charge in [-0.25, -0.2) is 18.2 Å². The number of aromatic nitrogens is 3. The van der Waals surface area contributed by atoms with Gasteiger partial charge in [0.25, 0.3) is 12.3 Å². The van der Waals surface area contributed by atoms with Crippen molar-refractivity contribution in [1.82, 2.24) is 20.3 Å². The highest BCUT2D eigenvalue weighted by atomic mass is 19.3. The van der Waals surface area contributed by atoms with Crippen LogP contribution >= 0.6 is 0 Å². The number of halogens is 3. The first-order valence-corrected chi connectivity index (χ1v) is 9.87. The van der Waals surface area contributed by atoms with E-state index in [1.807, 2.05) is 0 Å². The van der Waals surface area contributed by atoms with Gasteiger partial charge in [-0.05, 0) is 48.9 Å². The van der Waals surface area contributed by atoms with E-state index in [1.54, 1.807) is 13.0 Å². The second kappa shape index (κ2) is 10.7. The Kier molecular flexibility index (Phi) is 7.78. The van der Waals surface area contributed by atoms with Crippen molar-refractivity contribution in [2.45, 2.75) is 13.3 Å². The van der Waals surface area contributed by atoms with Gasteiger partial charge < -0.3 is 20.5 Å². The summed E-state index contributed by atoms with van der Waals surface area (Å²) in [5.41, 5.74) is 6.91. The van der Waals surface area contributed by atoms with Crippen molar-refractivity contribution >= 4 is 11.9 Å². The number of carbonyl (C=O) groups is 1. The molecule has 0 aliphatic rings. The molecule has 0 aliphatic carbocycles. The number of alkyl halides is 2. The van der Waals surface area contributed by atoms with Crippen LogP contribution in [0.15, 0.2) is 36.4 Å². The molecule has 11 heteroatoms. The third-order valence-electron chi connectivity index (χ3n) is 4.46. The minimum absolute atomic E-state index is 0.0884. The number of aryl methyl sites for hydroxylation is 1. The standard InChI is InChI=1S/C22H22F3N5O3/c1-12-9-14(10-16(28-12)20(24)25)18-19(13-3-5-15(23)6-4-13)29-22(26)30-21(18)33-11-17(31)27-7-8-32-2/h3-6,9-10,20H,7-8,11H2,1-2H3,(H,27,31)(H2,26,29,30). The second-order valence-electron chi connectivity index (χ2n) is 6.97. The van der Waals surface area contributed by atoms with Gasteiger partial charge in [0.05, 0.1) is 17.9 Å². The van der Waals surface area contributed by atoms with Crippen LogP contribution in [0.4, 0.5) is 19.1 Å². The summed E-state index contributed by atoms with van der Waals surface area (Å²) >= 11 is 0. The molecule has 3 aromatic rings. The maximum absolute atomic E-state index is 13.5. The van der Waals surface area contributed by atoms with E-state index in [2.05, 4.69) is 20.3 Å². The number of pyridine rings is 1. The number of nitrogens with two attached hydrogens (primary N) is 1. The quantitative estimate of drug-likeness (QED) is 0.470. The molecule has 3 N–H and O–H groups in total. The van der Waals surface area contributed by atoms with E-state index in [1.165, 1.54) is 37.4 Å². The molecule has 0 aliphatic heterocycles. The van der Waals surface area contributed by atoms with Crippen LogP contribution in [-0.2, 0) is 9.53 Å². The van der Waals surface area contributed by atoms with Gasteiger partial charge in [-0.15, -0.1) is 0 Å². The van der Waals surface area contributed by atoms with Gasteiger partial charge in [-0.1, -0.05) is 0 Å². The zero-order valence-corrected chi connectivity index (χ0v) is 17.9. The van der Waals surface area contributed by atoms with Gasteiger partial charge >= 0.3 is 0 Å². The van der Waals surface area contributed by atoms with Gasteiger partial charge in [0, 0.05) is 24.9 Å². The van der Waals surface area contributed by atoms with Gasteiger partial charge in [0.2, 0.25) is 11.8 Å². The largest absolute Gasteiger partial charge is 0.467 e. The van der Waals surface area contributed by atoms with E-state index in [4.69, 9.17) is 15.2 Å². The van der Waals surface area contributed by atoms with Crippen molar-refractivity contribution in [2.75, 3.05) is 32.6 Å². The molecule has 0 unspecified atom stereocenters. The Bertz CT molecular complexity index is 1130. The maximum atomic E-state index is 13.5. The molecule has 33 heavy (non-hydrogen) atoms. The molecule has 8 nitrogen and oxygen atoms in total. The Labute approximate surface area is 188 Å². The van der Waals surface area contributed by atoms with Crippen molar-refractivity contribution in [1.29, 1.82) is 0 Å².